The first-order chi connectivity index (χ1) is 11.1. The van der Waals surface area contributed by atoms with Crippen LogP contribution >= 0.6 is 0 Å². The summed E-state index contributed by atoms with van der Waals surface area (Å²) < 4.78 is 5.71. The molecule has 2 saturated heterocycles. The Kier molecular flexibility index (Phi) is 5.30. The van der Waals surface area contributed by atoms with E-state index in [1.807, 2.05) is 25.1 Å². The highest BCUT2D eigenvalue weighted by Gasteiger charge is 2.34. The highest BCUT2D eigenvalue weighted by Crippen LogP contribution is 2.19. The molecule has 2 aliphatic rings. The first-order valence-electron chi connectivity index (χ1n) is 8.48. The second-order valence-corrected chi connectivity index (χ2v) is 6.70. The zero-order valence-electron chi connectivity index (χ0n) is 13.7. The number of hydrogen-bond acceptors (Lipinski definition) is 4. The van der Waals surface area contributed by atoms with Crippen molar-refractivity contribution in [3.63, 3.8) is 0 Å². The predicted molar refractivity (Wildman–Crippen MR) is 87.8 cm³/mol. The van der Waals surface area contributed by atoms with Crippen LogP contribution in [0.5, 0.6) is 0 Å². The molecule has 0 saturated carbocycles. The van der Waals surface area contributed by atoms with Gasteiger partial charge in [-0.3, -0.25) is 9.69 Å². The summed E-state index contributed by atoms with van der Waals surface area (Å²) in [7, 11) is 0. The molecule has 0 aromatic heterocycles. The summed E-state index contributed by atoms with van der Waals surface area (Å²) in [6.45, 7) is 6.07. The number of piperidine rings is 1. The van der Waals surface area contributed by atoms with E-state index in [1.54, 1.807) is 4.90 Å². The Labute approximate surface area is 137 Å². The van der Waals surface area contributed by atoms with Gasteiger partial charge in [0, 0.05) is 32.7 Å². The number of β-amino-alcohol motifs (C(OH)–C–C–N with tert-alkyl or cyclic N) is 1. The first kappa shape index (κ1) is 16.4. The third-order valence-corrected chi connectivity index (χ3v) is 4.91. The van der Waals surface area contributed by atoms with E-state index in [-0.39, 0.29) is 11.8 Å². The van der Waals surface area contributed by atoms with Crippen LogP contribution in [0.3, 0.4) is 0 Å². The number of carbonyl (C=O) groups excluding carboxylic acids is 1. The minimum atomic E-state index is -0.420. The zero-order chi connectivity index (χ0) is 16.2. The topological polar surface area (TPSA) is 53.0 Å². The molecule has 2 heterocycles. The monoisotopic (exact) mass is 318 g/mol. The summed E-state index contributed by atoms with van der Waals surface area (Å²) in [6, 6.07) is 10.3. The predicted octanol–water partition coefficient (Wildman–Crippen LogP) is 1.12. The van der Waals surface area contributed by atoms with Crippen LogP contribution in [-0.2, 0) is 16.1 Å². The van der Waals surface area contributed by atoms with E-state index in [2.05, 4.69) is 17.0 Å². The van der Waals surface area contributed by atoms with Crippen molar-refractivity contribution in [3.8, 4) is 0 Å². The summed E-state index contributed by atoms with van der Waals surface area (Å²) in [5, 5.41) is 10.00. The maximum Gasteiger partial charge on any atom is 0.253 e. The summed E-state index contributed by atoms with van der Waals surface area (Å²) in [4.78, 5) is 16.7. The van der Waals surface area contributed by atoms with Gasteiger partial charge in [0.25, 0.3) is 5.91 Å². The number of aliphatic hydroxyl groups excluding tert-OH is 1. The number of aliphatic hydroxyl groups is 1. The molecular formula is C18H26N2O3. The third-order valence-electron chi connectivity index (χ3n) is 4.91. The summed E-state index contributed by atoms with van der Waals surface area (Å²) in [6.07, 6.45) is 0.0256. The minimum absolute atomic E-state index is 0.0220. The van der Waals surface area contributed by atoms with E-state index >= 15 is 0 Å². The normalized spacial score (nSPS) is 29.5. The molecule has 126 valence electrons. The van der Waals surface area contributed by atoms with Crippen LogP contribution in [0, 0.1) is 5.92 Å². The second kappa shape index (κ2) is 7.43. The number of amides is 1. The van der Waals surface area contributed by atoms with Crippen molar-refractivity contribution >= 4 is 5.91 Å². The van der Waals surface area contributed by atoms with Crippen molar-refractivity contribution in [3.05, 3.63) is 35.9 Å². The lowest BCUT2D eigenvalue weighted by atomic mass is 9.95. The molecule has 5 nitrogen and oxygen atoms in total. The number of benzene rings is 1. The molecule has 3 unspecified atom stereocenters. The lowest BCUT2D eigenvalue weighted by Crippen LogP contribution is -2.54. The first-order valence-corrected chi connectivity index (χ1v) is 8.48. The maximum absolute atomic E-state index is 12.7. The van der Waals surface area contributed by atoms with Gasteiger partial charge >= 0.3 is 0 Å². The molecule has 2 aliphatic heterocycles. The van der Waals surface area contributed by atoms with Gasteiger partial charge < -0.3 is 14.7 Å². The van der Waals surface area contributed by atoms with Crippen LogP contribution in [0.25, 0.3) is 0 Å². The largest absolute Gasteiger partial charge is 0.391 e. The summed E-state index contributed by atoms with van der Waals surface area (Å²) in [5.74, 6) is 0.287. The molecule has 5 heteroatoms. The Balaban J connectivity index is 1.56. The number of nitrogens with zero attached hydrogens (tertiary/aromatic N) is 2. The Morgan fingerprint density at radius 3 is 2.78 bits per heavy atom. The molecular weight excluding hydrogens is 292 g/mol. The number of hydrogen-bond donors (Lipinski definition) is 1. The Bertz CT molecular complexity index is 522. The SMILES string of the molecule is CC1CCN(C(=O)C2CN(Cc3ccccc3)CCO2)CC1O. The van der Waals surface area contributed by atoms with Crippen LogP contribution < -0.4 is 0 Å². The number of morpholine rings is 1. The van der Waals surface area contributed by atoms with Gasteiger partial charge in [0.1, 0.15) is 6.10 Å². The Hall–Kier alpha value is -1.43. The van der Waals surface area contributed by atoms with Crippen molar-refractivity contribution in [2.24, 2.45) is 5.92 Å². The lowest BCUT2D eigenvalue weighted by molar-refractivity contribution is -0.153. The standard InChI is InChI=1S/C18H26N2O3/c1-14-7-8-20(12-16(14)21)18(22)17-13-19(9-10-23-17)11-15-5-3-2-4-6-15/h2-6,14,16-17,21H,7-13H2,1H3. The molecule has 0 aliphatic carbocycles. The molecule has 2 fully saturated rings. The molecule has 1 aromatic carbocycles. The van der Waals surface area contributed by atoms with Crippen LogP contribution in [0.1, 0.15) is 18.9 Å². The molecule has 0 bridgehead atoms. The van der Waals surface area contributed by atoms with Crippen molar-refractivity contribution in [2.75, 3.05) is 32.8 Å². The number of ether oxygens (including phenoxy) is 1. The fourth-order valence-corrected chi connectivity index (χ4v) is 3.29. The molecule has 3 rings (SSSR count). The van der Waals surface area contributed by atoms with E-state index < -0.39 is 12.2 Å². The van der Waals surface area contributed by atoms with Gasteiger partial charge in [-0.2, -0.15) is 0 Å². The van der Waals surface area contributed by atoms with Gasteiger partial charge in [-0.15, -0.1) is 0 Å². The zero-order valence-corrected chi connectivity index (χ0v) is 13.7. The fraction of sp³-hybridized carbons (Fsp3) is 0.611. The fourth-order valence-electron chi connectivity index (χ4n) is 3.29. The molecule has 23 heavy (non-hydrogen) atoms. The highest BCUT2D eigenvalue weighted by molar-refractivity contribution is 5.81. The lowest BCUT2D eigenvalue weighted by Gasteiger charge is -2.38. The Morgan fingerprint density at radius 1 is 1.26 bits per heavy atom. The van der Waals surface area contributed by atoms with E-state index in [9.17, 15) is 9.90 Å². The number of likely N-dealkylation sites (tertiary alicyclic amines) is 1. The van der Waals surface area contributed by atoms with Crippen LogP contribution in [0.4, 0.5) is 0 Å². The average molecular weight is 318 g/mol. The number of carbonyl (C=O) groups is 1. The molecule has 0 radical (unpaired) electrons. The van der Waals surface area contributed by atoms with Gasteiger partial charge in [0.15, 0.2) is 0 Å². The van der Waals surface area contributed by atoms with Crippen molar-refractivity contribution in [2.45, 2.75) is 32.1 Å². The van der Waals surface area contributed by atoms with Gasteiger partial charge in [-0.25, -0.2) is 0 Å². The smallest absolute Gasteiger partial charge is 0.253 e. The molecule has 1 amide bonds. The van der Waals surface area contributed by atoms with Crippen LogP contribution in [0.15, 0.2) is 30.3 Å². The van der Waals surface area contributed by atoms with Gasteiger partial charge in [0.05, 0.1) is 12.7 Å². The summed E-state index contributed by atoms with van der Waals surface area (Å²) in [5.41, 5.74) is 1.25. The van der Waals surface area contributed by atoms with E-state index in [4.69, 9.17) is 4.74 Å². The molecule has 0 spiro atoms. The summed E-state index contributed by atoms with van der Waals surface area (Å²) >= 11 is 0. The Morgan fingerprint density at radius 2 is 2.04 bits per heavy atom. The minimum Gasteiger partial charge on any atom is -0.391 e. The van der Waals surface area contributed by atoms with Crippen molar-refractivity contribution < 1.29 is 14.6 Å². The van der Waals surface area contributed by atoms with Crippen molar-refractivity contribution in [1.29, 1.82) is 0 Å². The molecule has 1 aromatic rings. The van der Waals surface area contributed by atoms with E-state index in [0.29, 0.717) is 19.7 Å². The van der Waals surface area contributed by atoms with E-state index in [0.717, 1.165) is 26.1 Å². The van der Waals surface area contributed by atoms with Crippen molar-refractivity contribution in [1.82, 2.24) is 9.80 Å². The average Bonchev–Trinajstić information content (AvgIpc) is 2.58. The van der Waals surface area contributed by atoms with Crippen LogP contribution in [0.2, 0.25) is 0 Å². The maximum atomic E-state index is 12.7. The third kappa shape index (κ3) is 4.10. The van der Waals surface area contributed by atoms with E-state index in [1.165, 1.54) is 5.56 Å². The van der Waals surface area contributed by atoms with Crippen LogP contribution in [-0.4, -0.2) is 65.8 Å². The highest BCUT2D eigenvalue weighted by atomic mass is 16.5. The number of rotatable bonds is 3. The van der Waals surface area contributed by atoms with Gasteiger partial charge in [0.2, 0.25) is 0 Å². The second-order valence-electron chi connectivity index (χ2n) is 6.70. The van der Waals surface area contributed by atoms with Gasteiger partial charge in [-0.1, -0.05) is 37.3 Å². The molecule has 3 atom stereocenters. The molecule has 1 N–H and O–H groups in total. The van der Waals surface area contributed by atoms with Gasteiger partial charge in [-0.05, 0) is 17.9 Å². The quantitative estimate of drug-likeness (QED) is 0.907.